The Morgan fingerprint density at radius 2 is 0.979 bits per heavy atom. The van der Waals surface area contributed by atoms with Gasteiger partial charge < -0.3 is 9.41 Å². The van der Waals surface area contributed by atoms with Gasteiger partial charge in [-0.3, -0.25) is 12.2 Å². The van der Waals surface area contributed by atoms with Gasteiger partial charge in [-0.2, -0.15) is 24.3 Å². The third-order valence-corrected chi connectivity index (χ3v) is 10.8. The van der Waals surface area contributed by atoms with E-state index in [9.17, 15) is 0 Å². The van der Waals surface area contributed by atoms with E-state index in [-0.39, 0.29) is 68.7 Å². The van der Waals surface area contributed by atoms with Crippen LogP contribution in [-0.4, -0.2) is 26.7 Å². The topological polar surface area (TPSA) is 0 Å². The molecule has 0 amide bonds. The first kappa shape index (κ1) is 48.9. The minimum Gasteiger partial charge on any atom is -1.00 e. The molecule has 0 spiro atoms. The van der Waals surface area contributed by atoms with Crippen molar-refractivity contribution in [2.75, 3.05) is 26.7 Å². The zero-order chi connectivity index (χ0) is 31.9. The molecule has 2 aliphatic rings. The van der Waals surface area contributed by atoms with Gasteiger partial charge in [0.05, 0.1) is 0 Å². The second kappa shape index (κ2) is 26.6. The minimum absolute atomic E-state index is 0. The van der Waals surface area contributed by atoms with Crippen molar-refractivity contribution < 1.29 is 52.8 Å². The molecule has 0 aromatic heterocycles. The van der Waals surface area contributed by atoms with E-state index in [2.05, 4.69) is 164 Å². The number of hydrogen-bond donors (Lipinski definition) is 0. The first-order chi connectivity index (χ1) is 21.2. The molecule has 0 aliphatic heterocycles. The smallest absolute Gasteiger partial charge is 1.00 e. The molecule has 0 radical (unpaired) electrons. The van der Waals surface area contributed by atoms with Crippen molar-refractivity contribution in [3.63, 3.8) is 0 Å². The van der Waals surface area contributed by atoms with Gasteiger partial charge >= 0.3 is 43.4 Å². The maximum absolute atomic E-state index is 3.35. The average Bonchev–Trinajstić information content (AvgIpc) is 3.84. The second-order valence-corrected chi connectivity index (χ2v) is 16.9. The summed E-state index contributed by atoms with van der Waals surface area (Å²) in [6.07, 6.45) is 22.7. The van der Waals surface area contributed by atoms with Gasteiger partial charge in [0.1, 0.15) is 0 Å². The van der Waals surface area contributed by atoms with Gasteiger partial charge in [-0.15, -0.1) is 109 Å². The summed E-state index contributed by atoms with van der Waals surface area (Å²) in [4.78, 5) is 0. The first-order valence-electron chi connectivity index (χ1n) is 16.4. The fourth-order valence-electron chi connectivity index (χ4n) is 5.48. The van der Waals surface area contributed by atoms with Gasteiger partial charge in [0.15, 0.2) is 0 Å². The Labute approximate surface area is 323 Å². The number of benzene rings is 2. The van der Waals surface area contributed by atoms with Crippen LogP contribution in [0.2, 0.25) is 0 Å². The molecular formula is C42H54F2P2Ti2-2. The Balaban J connectivity index is 0. The molecule has 6 rings (SSSR count). The van der Waals surface area contributed by atoms with Crippen LogP contribution in [0.3, 0.4) is 0 Å². The summed E-state index contributed by atoms with van der Waals surface area (Å²) in [5.41, 5.74) is 2.84. The van der Waals surface area contributed by atoms with Crippen molar-refractivity contribution in [3.8, 4) is 0 Å². The fourth-order valence-corrected chi connectivity index (χ4v) is 7.07. The van der Waals surface area contributed by atoms with Crippen LogP contribution in [0.15, 0.2) is 108 Å². The van der Waals surface area contributed by atoms with Crippen LogP contribution in [0.1, 0.15) is 66.2 Å². The van der Waals surface area contributed by atoms with Crippen molar-refractivity contribution >= 4 is 48.0 Å². The molecule has 0 bridgehead atoms. The molecule has 0 nitrogen and oxygen atoms in total. The standard InChI is InChI=1S/2C11H12P.2C10H15.2FH.2Ti/c2*1-12(2)11-7-9-5-3-4-6-10(9)8-11;2*1-3-6-9(2)10-7-4-5-8-10;;;;/h2*3-8H,1-2H3;2*4,7,9H,3,5-6H2,1-2H3;2*1H;;/q4*-1;;;2*+2/p-2. The molecule has 2 atom stereocenters. The van der Waals surface area contributed by atoms with Crippen LogP contribution in [0, 0.1) is 24.0 Å². The molecule has 4 aromatic rings. The maximum Gasteiger partial charge on any atom is 2.00 e. The van der Waals surface area contributed by atoms with E-state index in [1.807, 2.05) is 0 Å². The molecule has 0 N–H and O–H groups in total. The number of hydrogen-bond acceptors (Lipinski definition) is 0. The molecule has 0 saturated heterocycles. The predicted octanol–water partition coefficient (Wildman–Crippen LogP) is 6.08. The molecule has 0 heterocycles. The number of rotatable bonds is 8. The van der Waals surface area contributed by atoms with Crippen molar-refractivity contribution in [1.29, 1.82) is 0 Å². The van der Waals surface area contributed by atoms with Crippen molar-refractivity contribution in [3.05, 3.63) is 120 Å². The Kier molecular flexibility index (Phi) is 27.0. The molecule has 0 fully saturated rings. The van der Waals surface area contributed by atoms with Crippen molar-refractivity contribution in [2.24, 2.45) is 11.8 Å². The molecule has 0 saturated carbocycles. The maximum atomic E-state index is 3.35. The first-order valence-corrected chi connectivity index (χ1v) is 20.9. The monoisotopic (exact) mass is 754 g/mol. The Morgan fingerprint density at radius 3 is 1.25 bits per heavy atom. The number of fused-ring (bicyclic) bond motifs is 2. The summed E-state index contributed by atoms with van der Waals surface area (Å²) in [5.74, 6) is 1.45. The van der Waals surface area contributed by atoms with Crippen LogP contribution in [0.4, 0.5) is 0 Å². The SMILES string of the molecule is CCCC(C)C1=[C-]CC=C1.CCCC(C)C1=[C-]CC=C1.CP(C)c1cc2ccccc2[cH-]1.CP(C)c1cc2ccccc2[cH-]1.[F-].[F-].[Ti+2].[Ti+2]. The fraction of sp³-hybridized carbons (Fsp3) is 0.381. The summed E-state index contributed by atoms with van der Waals surface area (Å²) in [6, 6.07) is 26.3. The van der Waals surface area contributed by atoms with Crippen molar-refractivity contribution in [1.82, 2.24) is 0 Å². The summed E-state index contributed by atoms with van der Waals surface area (Å²) >= 11 is 0. The molecule has 4 aromatic carbocycles. The van der Waals surface area contributed by atoms with E-state index in [4.69, 9.17) is 0 Å². The molecular weight excluding hydrogens is 700 g/mol. The van der Waals surface area contributed by atoms with Crippen LogP contribution in [0.5, 0.6) is 0 Å². The van der Waals surface area contributed by atoms with E-state index in [0.717, 1.165) is 24.7 Å². The van der Waals surface area contributed by atoms with Gasteiger partial charge in [0, 0.05) is 0 Å². The zero-order valence-corrected chi connectivity index (χ0v) is 35.2. The summed E-state index contributed by atoms with van der Waals surface area (Å²) in [6.45, 7) is 18.2. The van der Waals surface area contributed by atoms with Crippen LogP contribution < -0.4 is 20.0 Å². The van der Waals surface area contributed by atoms with Crippen molar-refractivity contribution in [2.45, 2.75) is 66.2 Å². The van der Waals surface area contributed by atoms with Crippen LogP contribution in [-0.2, 0) is 43.4 Å². The molecule has 48 heavy (non-hydrogen) atoms. The van der Waals surface area contributed by atoms with E-state index in [1.165, 1.54) is 69.0 Å². The van der Waals surface area contributed by atoms with Crippen LogP contribution in [0.25, 0.3) is 21.5 Å². The van der Waals surface area contributed by atoms with E-state index < -0.39 is 0 Å². The van der Waals surface area contributed by atoms with Gasteiger partial charge in [-0.25, -0.2) is 23.3 Å². The minimum atomic E-state index is 0. The van der Waals surface area contributed by atoms with E-state index >= 15 is 0 Å². The molecule has 256 valence electrons. The number of allylic oxidation sites excluding steroid dienone is 8. The second-order valence-electron chi connectivity index (χ2n) is 12.3. The van der Waals surface area contributed by atoms with Gasteiger partial charge in [0.2, 0.25) is 0 Å². The zero-order valence-electron chi connectivity index (χ0n) is 30.3. The Hall–Kier alpha value is -1.23. The third kappa shape index (κ3) is 16.2. The molecule has 2 unspecified atom stereocenters. The van der Waals surface area contributed by atoms with Crippen LogP contribution >= 0.6 is 15.8 Å². The summed E-state index contributed by atoms with van der Waals surface area (Å²) in [5, 5.41) is 8.53. The Bertz CT molecular complexity index is 1360. The molecule has 2 aliphatic carbocycles. The Morgan fingerprint density at radius 1 is 0.625 bits per heavy atom. The molecule has 6 heteroatoms. The quantitative estimate of drug-likeness (QED) is 0.116. The van der Waals surface area contributed by atoms with Gasteiger partial charge in [-0.1, -0.05) is 64.5 Å². The van der Waals surface area contributed by atoms with E-state index in [1.54, 1.807) is 0 Å². The average molecular weight is 755 g/mol. The third-order valence-electron chi connectivity index (χ3n) is 8.19. The normalized spacial score (nSPS) is 13.6. The van der Waals surface area contributed by atoms with Gasteiger partial charge in [0.25, 0.3) is 0 Å². The van der Waals surface area contributed by atoms with E-state index in [0.29, 0.717) is 0 Å². The summed E-state index contributed by atoms with van der Waals surface area (Å²) < 4.78 is 0. The summed E-state index contributed by atoms with van der Waals surface area (Å²) in [7, 11) is 0.115. The largest absolute Gasteiger partial charge is 2.00 e. The number of halogens is 2. The van der Waals surface area contributed by atoms with Gasteiger partial charge in [-0.05, 0) is 39.5 Å². The predicted molar refractivity (Wildman–Crippen MR) is 205 cm³/mol.